The molecule has 3 atom stereocenters. The third-order valence-electron chi connectivity index (χ3n) is 5.72. The highest BCUT2D eigenvalue weighted by atomic mass is 32.1. The highest BCUT2D eigenvalue weighted by Crippen LogP contribution is 2.27. The molecule has 1 aromatic carbocycles. The molecular formula is C23H32N4O4S. The van der Waals surface area contributed by atoms with E-state index in [0.717, 1.165) is 18.1 Å². The zero-order valence-electron chi connectivity index (χ0n) is 19.3. The molecule has 2 heterocycles. The number of thiazole rings is 1. The van der Waals surface area contributed by atoms with Crippen molar-refractivity contribution in [1.82, 2.24) is 14.8 Å². The topological polar surface area (TPSA) is 84.0 Å². The Balaban J connectivity index is 1.94. The summed E-state index contributed by atoms with van der Waals surface area (Å²) in [6.07, 6.45) is 1.69. The van der Waals surface area contributed by atoms with Gasteiger partial charge in [-0.1, -0.05) is 6.92 Å². The van der Waals surface area contributed by atoms with Gasteiger partial charge < -0.3 is 19.7 Å². The summed E-state index contributed by atoms with van der Waals surface area (Å²) in [6, 6.07) is 5.25. The minimum atomic E-state index is -0.195. The summed E-state index contributed by atoms with van der Waals surface area (Å²) < 4.78 is 11.9. The Morgan fingerprint density at radius 2 is 2.12 bits per heavy atom. The smallest absolute Gasteiger partial charge is 0.257 e. The third-order valence-corrected chi connectivity index (χ3v) is 6.48. The lowest BCUT2D eigenvalue weighted by atomic mass is 10.0. The van der Waals surface area contributed by atoms with E-state index in [4.69, 9.17) is 9.47 Å². The van der Waals surface area contributed by atoms with Gasteiger partial charge in [0.15, 0.2) is 0 Å². The highest BCUT2D eigenvalue weighted by Gasteiger charge is 2.28. The van der Waals surface area contributed by atoms with E-state index in [1.54, 1.807) is 48.6 Å². The summed E-state index contributed by atoms with van der Waals surface area (Å²) in [7, 11) is 3.45. The number of nitrogens with zero attached hydrogens (tertiary/aromatic N) is 3. The van der Waals surface area contributed by atoms with Gasteiger partial charge in [-0.2, -0.15) is 0 Å². The molecule has 8 nitrogen and oxygen atoms in total. The number of ether oxygens (including phenoxy) is 2. The molecule has 1 aliphatic heterocycles. The molecule has 1 N–H and O–H groups in total. The van der Waals surface area contributed by atoms with Crippen molar-refractivity contribution in [3.05, 3.63) is 40.3 Å². The number of hydrogen-bond acceptors (Lipinski definition) is 7. The summed E-state index contributed by atoms with van der Waals surface area (Å²) in [6.45, 7) is 8.08. The number of nitrogens with one attached hydrogen (secondary N) is 1. The Hall–Kier alpha value is -2.49. The predicted octanol–water partition coefficient (Wildman–Crippen LogP) is 3.11. The fourth-order valence-electron chi connectivity index (χ4n) is 3.86. The fraction of sp³-hybridized carbons (Fsp3) is 0.522. The molecule has 0 saturated heterocycles. The number of methoxy groups -OCH3 is 1. The van der Waals surface area contributed by atoms with E-state index in [2.05, 4.69) is 29.0 Å². The van der Waals surface area contributed by atoms with Crippen molar-refractivity contribution in [1.29, 1.82) is 0 Å². The van der Waals surface area contributed by atoms with Gasteiger partial charge in [0, 0.05) is 57.5 Å². The average Bonchev–Trinajstić information content (AvgIpc) is 3.27. The quantitative estimate of drug-likeness (QED) is 0.755. The van der Waals surface area contributed by atoms with Crippen molar-refractivity contribution in [2.24, 2.45) is 5.92 Å². The van der Waals surface area contributed by atoms with Gasteiger partial charge in [0.05, 0.1) is 18.2 Å². The molecule has 0 saturated carbocycles. The number of carbonyl (C=O) groups excluding carboxylic acids is 2. The number of rotatable bonds is 4. The Labute approximate surface area is 193 Å². The maximum atomic E-state index is 13.3. The van der Waals surface area contributed by atoms with Gasteiger partial charge in [-0.3, -0.25) is 14.5 Å². The lowest BCUT2D eigenvalue weighted by Gasteiger charge is -2.35. The van der Waals surface area contributed by atoms with Crippen molar-refractivity contribution < 1.29 is 19.1 Å². The molecule has 1 aromatic heterocycles. The predicted molar refractivity (Wildman–Crippen MR) is 125 cm³/mol. The monoisotopic (exact) mass is 460 g/mol. The second-order valence-electron chi connectivity index (χ2n) is 8.34. The first-order valence-corrected chi connectivity index (χ1v) is 11.6. The lowest BCUT2D eigenvalue weighted by molar-refractivity contribution is -0.114. The molecule has 174 valence electrons. The van der Waals surface area contributed by atoms with Gasteiger partial charge in [0.1, 0.15) is 17.4 Å². The first-order chi connectivity index (χ1) is 15.3. The molecule has 0 bridgehead atoms. The van der Waals surface area contributed by atoms with Crippen LogP contribution in [0.1, 0.15) is 36.1 Å². The van der Waals surface area contributed by atoms with E-state index in [0.29, 0.717) is 30.2 Å². The minimum Gasteiger partial charge on any atom is -0.491 e. The molecule has 2 aromatic rings. The maximum absolute atomic E-state index is 13.3. The van der Waals surface area contributed by atoms with Gasteiger partial charge in [-0.15, -0.1) is 11.3 Å². The van der Waals surface area contributed by atoms with Crippen LogP contribution in [0.5, 0.6) is 5.75 Å². The van der Waals surface area contributed by atoms with E-state index < -0.39 is 0 Å². The molecule has 0 spiro atoms. The lowest BCUT2D eigenvalue weighted by Crippen LogP contribution is -2.46. The van der Waals surface area contributed by atoms with Crippen LogP contribution in [0.4, 0.5) is 5.69 Å². The molecule has 32 heavy (non-hydrogen) atoms. The van der Waals surface area contributed by atoms with E-state index in [-0.39, 0.29) is 29.9 Å². The number of hydrogen-bond donors (Lipinski definition) is 1. The Kier molecular flexibility index (Phi) is 8.22. The van der Waals surface area contributed by atoms with Gasteiger partial charge in [-0.25, -0.2) is 4.98 Å². The van der Waals surface area contributed by atoms with Crippen LogP contribution in [-0.2, 0) is 16.1 Å². The van der Waals surface area contributed by atoms with Crippen molar-refractivity contribution in [2.75, 3.05) is 39.2 Å². The van der Waals surface area contributed by atoms with Crippen LogP contribution in [0.15, 0.2) is 29.8 Å². The molecule has 1 aliphatic rings. The van der Waals surface area contributed by atoms with Crippen LogP contribution in [0, 0.1) is 5.92 Å². The minimum absolute atomic E-state index is 0.0917. The molecule has 2 amide bonds. The van der Waals surface area contributed by atoms with E-state index >= 15 is 0 Å². The molecule has 0 unspecified atom stereocenters. The van der Waals surface area contributed by atoms with Crippen LogP contribution in [0.25, 0.3) is 0 Å². The Morgan fingerprint density at radius 1 is 1.34 bits per heavy atom. The van der Waals surface area contributed by atoms with E-state index in [1.807, 2.05) is 11.6 Å². The number of aromatic nitrogens is 1. The van der Waals surface area contributed by atoms with E-state index in [9.17, 15) is 9.59 Å². The second kappa shape index (κ2) is 10.9. The zero-order chi connectivity index (χ0) is 23.3. The van der Waals surface area contributed by atoms with Crippen molar-refractivity contribution in [3.8, 4) is 5.75 Å². The number of likely N-dealkylation sites (N-methyl/N-ethyl adjacent to an activating group) is 1. The largest absolute Gasteiger partial charge is 0.491 e. The van der Waals surface area contributed by atoms with Crippen molar-refractivity contribution >= 4 is 28.8 Å². The first kappa shape index (κ1) is 24.2. The third kappa shape index (κ3) is 6.05. The highest BCUT2D eigenvalue weighted by molar-refractivity contribution is 7.09. The zero-order valence-corrected chi connectivity index (χ0v) is 20.1. The maximum Gasteiger partial charge on any atom is 0.257 e. The summed E-state index contributed by atoms with van der Waals surface area (Å²) in [5, 5.41) is 5.78. The van der Waals surface area contributed by atoms with Crippen molar-refractivity contribution in [2.45, 2.75) is 39.5 Å². The summed E-state index contributed by atoms with van der Waals surface area (Å²) >= 11 is 1.64. The fourth-order valence-corrected chi connectivity index (χ4v) is 4.50. The number of carbonyl (C=O) groups is 2. The standard InChI is InChI=1S/C23H32N4O4S/c1-15-11-27(13-22-24-8-9-32-22)16(2)14-31-20-7-6-18(25-17(3)28)10-19(20)23(29)26(4)12-21(15)30-5/h6-10,15-16,21H,11-14H2,1-5H3,(H,25,28)/t15-,16+,21+/m1/s1. The average molecular weight is 461 g/mol. The number of benzene rings is 1. The molecule has 0 radical (unpaired) electrons. The van der Waals surface area contributed by atoms with Gasteiger partial charge >= 0.3 is 0 Å². The van der Waals surface area contributed by atoms with Crippen LogP contribution in [-0.4, -0.2) is 72.6 Å². The number of amides is 2. The molecule has 9 heteroatoms. The Morgan fingerprint density at radius 3 is 2.78 bits per heavy atom. The second-order valence-corrected chi connectivity index (χ2v) is 9.32. The molecule has 0 fully saturated rings. The van der Waals surface area contributed by atoms with Gasteiger partial charge in [0.2, 0.25) is 5.91 Å². The normalized spacial score (nSPS) is 23.0. The van der Waals surface area contributed by atoms with Crippen LogP contribution in [0.3, 0.4) is 0 Å². The van der Waals surface area contributed by atoms with Crippen LogP contribution in [0.2, 0.25) is 0 Å². The number of fused-ring (bicyclic) bond motifs is 1. The summed E-state index contributed by atoms with van der Waals surface area (Å²) in [5.41, 5.74) is 0.976. The summed E-state index contributed by atoms with van der Waals surface area (Å²) in [5.74, 6) is 0.315. The SMILES string of the molecule is CO[C@H]1CN(C)C(=O)c2cc(NC(C)=O)ccc2OC[C@H](C)N(Cc2nccs2)C[C@H]1C. The molecule has 0 aliphatic carbocycles. The first-order valence-electron chi connectivity index (χ1n) is 10.7. The van der Waals surface area contributed by atoms with E-state index in [1.165, 1.54) is 6.92 Å². The van der Waals surface area contributed by atoms with Crippen LogP contribution < -0.4 is 10.1 Å². The van der Waals surface area contributed by atoms with Gasteiger partial charge in [-0.05, 0) is 31.0 Å². The molecule has 3 rings (SSSR count). The number of anilines is 1. The summed E-state index contributed by atoms with van der Waals surface area (Å²) in [4.78, 5) is 33.2. The van der Waals surface area contributed by atoms with Crippen LogP contribution >= 0.6 is 11.3 Å². The van der Waals surface area contributed by atoms with Gasteiger partial charge in [0.25, 0.3) is 5.91 Å². The Bertz CT molecular complexity index is 921. The molecular weight excluding hydrogens is 428 g/mol. The van der Waals surface area contributed by atoms with Crippen molar-refractivity contribution in [3.63, 3.8) is 0 Å².